The molecule has 0 aliphatic heterocycles. The fourth-order valence-corrected chi connectivity index (χ4v) is 8.76. The molecule has 8 aromatic rings. The van der Waals surface area contributed by atoms with E-state index in [0.717, 1.165) is 54.0 Å². The van der Waals surface area contributed by atoms with Crippen LogP contribution in [0.3, 0.4) is 0 Å². The van der Waals surface area contributed by atoms with Crippen LogP contribution < -0.4 is 4.90 Å². The highest BCUT2D eigenvalue weighted by molar-refractivity contribution is 7.26. The van der Waals surface area contributed by atoms with E-state index in [4.69, 9.17) is 8.22 Å². The summed E-state index contributed by atoms with van der Waals surface area (Å²) in [4.78, 5) is 2.00. The zero-order valence-corrected chi connectivity index (χ0v) is 24.5. The smallest absolute Gasteiger partial charge is 0.0645 e. The SMILES string of the molecule is [2H]c1c([2H])c([2H])c2c(sc3c([2H])c([2H])c([2H])c(N(c4ccc5c(c4)C(C)(C)c4ccccc4-5)c4cccc5sc6ccccc6c45)c32)c1[2H]. The van der Waals surface area contributed by atoms with Crippen LogP contribution in [0.5, 0.6) is 0 Å². The molecular formula is C39H27NS2. The molecule has 200 valence electrons. The van der Waals surface area contributed by atoms with Crippen molar-refractivity contribution in [1.29, 1.82) is 0 Å². The number of fused-ring (bicyclic) bond motifs is 9. The third kappa shape index (κ3) is 3.29. The summed E-state index contributed by atoms with van der Waals surface area (Å²) in [7, 11) is 0. The maximum absolute atomic E-state index is 9.52. The average molecular weight is 581 g/mol. The minimum atomic E-state index is -0.370. The second-order valence-electron chi connectivity index (χ2n) is 11.2. The number of hydrogen-bond donors (Lipinski definition) is 0. The van der Waals surface area contributed by atoms with Crippen molar-refractivity contribution in [3.8, 4) is 11.1 Å². The Kier molecular flexibility index (Phi) is 3.80. The van der Waals surface area contributed by atoms with E-state index in [2.05, 4.69) is 68.4 Å². The highest BCUT2D eigenvalue weighted by atomic mass is 32.1. The van der Waals surface area contributed by atoms with Crippen molar-refractivity contribution in [1.82, 2.24) is 0 Å². The third-order valence-corrected chi connectivity index (χ3v) is 10.8. The predicted molar refractivity (Wildman–Crippen MR) is 184 cm³/mol. The van der Waals surface area contributed by atoms with E-state index in [0.29, 0.717) is 20.5 Å². The first kappa shape index (κ1) is 18.2. The van der Waals surface area contributed by atoms with Gasteiger partial charge in [-0.05, 0) is 70.7 Å². The summed E-state index contributed by atoms with van der Waals surface area (Å²) in [5.74, 6) is 0. The maximum Gasteiger partial charge on any atom is 0.0645 e. The number of thiophene rings is 2. The van der Waals surface area contributed by atoms with E-state index in [1.165, 1.54) is 11.1 Å². The normalized spacial score (nSPS) is 16.0. The van der Waals surface area contributed by atoms with Gasteiger partial charge in [0, 0.05) is 51.4 Å². The molecule has 9 rings (SSSR count). The third-order valence-electron chi connectivity index (χ3n) is 8.60. The van der Waals surface area contributed by atoms with Crippen LogP contribution in [0.1, 0.15) is 34.6 Å². The van der Waals surface area contributed by atoms with Crippen molar-refractivity contribution < 1.29 is 9.60 Å². The van der Waals surface area contributed by atoms with Crippen LogP contribution >= 0.6 is 22.7 Å². The molecule has 0 N–H and O–H groups in total. The number of hydrogen-bond acceptors (Lipinski definition) is 3. The van der Waals surface area contributed by atoms with Gasteiger partial charge in [-0.2, -0.15) is 0 Å². The molecule has 1 nitrogen and oxygen atoms in total. The van der Waals surface area contributed by atoms with Crippen LogP contribution in [-0.2, 0) is 5.41 Å². The summed E-state index contributed by atoms with van der Waals surface area (Å²) >= 11 is 2.77. The molecule has 0 spiro atoms. The van der Waals surface area contributed by atoms with Crippen molar-refractivity contribution in [2.24, 2.45) is 0 Å². The van der Waals surface area contributed by atoms with Gasteiger partial charge in [-0.3, -0.25) is 0 Å². The van der Waals surface area contributed by atoms with E-state index in [1.807, 2.05) is 35.2 Å². The Morgan fingerprint density at radius 2 is 1.31 bits per heavy atom. The molecule has 3 heteroatoms. The summed E-state index contributed by atoms with van der Waals surface area (Å²) in [5, 5.41) is 2.70. The first-order valence-corrected chi connectivity index (χ1v) is 15.5. The van der Waals surface area contributed by atoms with E-state index in [9.17, 15) is 1.37 Å². The van der Waals surface area contributed by atoms with Crippen LogP contribution in [-0.4, -0.2) is 0 Å². The van der Waals surface area contributed by atoms with Crippen LogP contribution in [0.4, 0.5) is 17.1 Å². The van der Waals surface area contributed by atoms with Crippen molar-refractivity contribution >= 4 is 80.1 Å². The quantitative estimate of drug-likeness (QED) is 0.201. The summed E-state index contributed by atoms with van der Waals surface area (Å²) in [6.07, 6.45) is 0. The molecule has 0 fully saturated rings. The molecule has 0 amide bonds. The Bertz CT molecular complexity index is 2740. The first-order chi connectivity index (χ1) is 23.5. The van der Waals surface area contributed by atoms with Gasteiger partial charge in [0.1, 0.15) is 0 Å². The highest BCUT2D eigenvalue weighted by Gasteiger charge is 2.36. The van der Waals surface area contributed by atoms with E-state index in [-0.39, 0.29) is 53.1 Å². The van der Waals surface area contributed by atoms with Gasteiger partial charge >= 0.3 is 0 Å². The standard InChI is InChI=1S/C39H27NS2/c1-39(2)29-14-6-3-11-25(29)26-22-21-24(23-30(26)39)40(31-15-9-19-35-37(31)27-12-4-7-17-33(27)41-35)32-16-10-20-36-38(32)28-13-5-8-18-34(28)42-36/h3-23H,1-2H3/i4D,7D,9D,12D,15D,17D,19D. The van der Waals surface area contributed by atoms with Gasteiger partial charge in [0.2, 0.25) is 0 Å². The maximum atomic E-state index is 9.52. The van der Waals surface area contributed by atoms with Crippen LogP contribution in [0, 0.1) is 0 Å². The fourth-order valence-electron chi connectivity index (χ4n) is 6.67. The van der Waals surface area contributed by atoms with Crippen molar-refractivity contribution in [2.45, 2.75) is 19.3 Å². The van der Waals surface area contributed by atoms with Crippen molar-refractivity contribution in [2.75, 3.05) is 4.90 Å². The number of benzene rings is 6. The molecule has 2 heterocycles. The lowest BCUT2D eigenvalue weighted by molar-refractivity contribution is 0.660. The Balaban J connectivity index is 1.47. The van der Waals surface area contributed by atoms with Crippen LogP contribution in [0.25, 0.3) is 51.5 Å². The minimum absolute atomic E-state index is 0.161. The van der Waals surface area contributed by atoms with Gasteiger partial charge in [-0.1, -0.05) is 92.6 Å². The van der Waals surface area contributed by atoms with Crippen LogP contribution in [0.2, 0.25) is 0 Å². The van der Waals surface area contributed by atoms with Crippen molar-refractivity contribution in [3.05, 3.63) is 138 Å². The molecule has 0 bridgehead atoms. The van der Waals surface area contributed by atoms with Gasteiger partial charge in [0.05, 0.1) is 21.0 Å². The average Bonchev–Trinajstić information content (AvgIpc) is 3.76. The van der Waals surface area contributed by atoms with Gasteiger partial charge in [0.25, 0.3) is 0 Å². The molecule has 0 radical (unpaired) electrons. The van der Waals surface area contributed by atoms with Crippen molar-refractivity contribution in [3.63, 3.8) is 0 Å². The summed E-state index contributed by atoms with van der Waals surface area (Å²) in [6, 6.07) is 27.3. The van der Waals surface area contributed by atoms with Gasteiger partial charge in [0.15, 0.2) is 0 Å². The summed E-state index contributed by atoms with van der Waals surface area (Å²) in [5.41, 5.74) is 6.23. The minimum Gasteiger partial charge on any atom is -0.309 e. The molecule has 0 saturated carbocycles. The monoisotopic (exact) mass is 580 g/mol. The lowest BCUT2D eigenvalue weighted by atomic mass is 9.82. The zero-order valence-electron chi connectivity index (χ0n) is 29.8. The summed E-state index contributed by atoms with van der Waals surface area (Å²) < 4.78 is 65.1. The van der Waals surface area contributed by atoms with Gasteiger partial charge in [-0.15, -0.1) is 22.7 Å². The number of nitrogens with zero attached hydrogens (tertiary/aromatic N) is 1. The van der Waals surface area contributed by atoms with Crippen LogP contribution in [0.15, 0.2) is 127 Å². The molecule has 0 atom stereocenters. The molecule has 0 unspecified atom stereocenters. The van der Waals surface area contributed by atoms with E-state index >= 15 is 0 Å². The Hall–Kier alpha value is -4.44. The topological polar surface area (TPSA) is 3.24 Å². The Labute approximate surface area is 262 Å². The van der Waals surface area contributed by atoms with E-state index < -0.39 is 0 Å². The second-order valence-corrected chi connectivity index (χ2v) is 13.3. The zero-order chi connectivity index (χ0) is 34.1. The number of anilines is 3. The molecule has 2 aromatic heterocycles. The number of rotatable bonds is 3. The molecule has 6 aromatic carbocycles. The summed E-state index contributed by atoms with van der Waals surface area (Å²) in [6.45, 7) is 4.43. The van der Waals surface area contributed by atoms with E-state index in [1.54, 1.807) is 11.3 Å². The molecule has 1 aliphatic carbocycles. The largest absolute Gasteiger partial charge is 0.309 e. The van der Waals surface area contributed by atoms with Gasteiger partial charge in [-0.25, -0.2) is 0 Å². The Morgan fingerprint density at radius 1 is 0.571 bits per heavy atom. The second kappa shape index (κ2) is 8.78. The predicted octanol–water partition coefficient (Wildman–Crippen LogP) is 12.2. The molecule has 1 aliphatic rings. The fraction of sp³-hybridized carbons (Fsp3) is 0.0769. The highest BCUT2D eigenvalue weighted by Crippen LogP contribution is 2.53. The Morgan fingerprint density at radius 3 is 2.26 bits per heavy atom. The first-order valence-electron chi connectivity index (χ1n) is 17.4. The lowest BCUT2D eigenvalue weighted by Gasteiger charge is -2.29. The molecule has 42 heavy (non-hydrogen) atoms. The molecular weight excluding hydrogens is 547 g/mol. The molecule has 0 saturated heterocycles. The van der Waals surface area contributed by atoms with Gasteiger partial charge < -0.3 is 4.90 Å². The lowest BCUT2D eigenvalue weighted by Crippen LogP contribution is -2.16.